The van der Waals surface area contributed by atoms with Crippen LogP contribution in [0.5, 0.6) is 0 Å². The highest BCUT2D eigenvalue weighted by atomic mass is 16.1. The van der Waals surface area contributed by atoms with Crippen molar-refractivity contribution >= 4 is 5.78 Å². The molecule has 1 unspecified atom stereocenters. The number of hydrogen-bond donors (Lipinski definition) is 0. The fraction of sp³-hybridized carbons (Fsp3) is 0.850. The van der Waals surface area contributed by atoms with Crippen LogP contribution in [-0.4, -0.2) is 5.78 Å². The summed E-state index contributed by atoms with van der Waals surface area (Å²) in [5.74, 6) is 4.06. The zero-order valence-electron chi connectivity index (χ0n) is 14.0. The van der Waals surface area contributed by atoms with E-state index in [0.29, 0.717) is 16.6 Å². The highest BCUT2D eigenvalue weighted by molar-refractivity contribution is 5.91. The molecule has 0 aromatic heterocycles. The molecule has 4 aliphatic carbocycles. The van der Waals surface area contributed by atoms with Crippen LogP contribution in [0.2, 0.25) is 0 Å². The van der Waals surface area contributed by atoms with E-state index in [9.17, 15) is 4.79 Å². The van der Waals surface area contributed by atoms with Crippen molar-refractivity contribution in [3.63, 3.8) is 0 Å². The fourth-order valence-corrected chi connectivity index (χ4v) is 6.98. The van der Waals surface area contributed by atoms with Gasteiger partial charge in [0.1, 0.15) is 0 Å². The third-order valence-corrected chi connectivity index (χ3v) is 7.95. The molecular weight excluding hydrogens is 256 g/mol. The maximum atomic E-state index is 11.8. The summed E-state index contributed by atoms with van der Waals surface area (Å²) in [4.78, 5) is 11.8. The van der Waals surface area contributed by atoms with E-state index in [1.807, 2.05) is 6.08 Å². The van der Waals surface area contributed by atoms with Crippen LogP contribution in [0.15, 0.2) is 11.6 Å². The molecule has 21 heavy (non-hydrogen) atoms. The summed E-state index contributed by atoms with van der Waals surface area (Å²) in [5.41, 5.74) is 2.49. The van der Waals surface area contributed by atoms with Gasteiger partial charge in [0.25, 0.3) is 0 Å². The van der Waals surface area contributed by atoms with Crippen molar-refractivity contribution in [2.45, 2.75) is 72.1 Å². The van der Waals surface area contributed by atoms with E-state index in [1.54, 1.807) is 0 Å². The molecule has 0 saturated heterocycles. The van der Waals surface area contributed by atoms with Crippen molar-refractivity contribution in [2.24, 2.45) is 34.5 Å². The van der Waals surface area contributed by atoms with Crippen molar-refractivity contribution in [2.75, 3.05) is 0 Å². The molecule has 0 bridgehead atoms. The average Bonchev–Trinajstić information content (AvgIpc) is 2.74. The quantitative estimate of drug-likeness (QED) is 0.601. The number of rotatable bonds is 0. The predicted octanol–water partition coefficient (Wildman–Crippen LogP) is 5.15. The molecule has 0 N–H and O–H groups in total. The van der Waals surface area contributed by atoms with Gasteiger partial charge < -0.3 is 0 Å². The molecule has 116 valence electrons. The van der Waals surface area contributed by atoms with Crippen molar-refractivity contribution in [1.29, 1.82) is 0 Å². The first-order valence-corrected chi connectivity index (χ1v) is 9.16. The molecule has 0 aliphatic heterocycles. The van der Waals surface area contributed by atoms with Gasteiger partial charge in [0, 0.05) is 6.42 Å². The lowest BCUT2D eigenvalue weighted by atomic mass is 9.47. The molecule has 0 aromatic carbocycles. The maximum Gasteiger partial charge on any atom is 0.155 e. The van der Waals surface area contributed by atoms with Crippen LogP contribution in [0.3, 0.4) is 0 Å². The summed E-state index contributed by atoms with van der Waals surface area (Å²) in [6, 6.07) is 0. The SMILES string of the molecule is CC1C[C@H]2[C@@H]3CCC4=CC(=O)CC[C@]4(C)[C@@H]3CC[C@]2(C)C1. The lowest BCUT2D eigenvalue weighted by Crippen LogP contribution is -2.49. The van der Waals surface area contributed by atoms with E-state index >= 15 is 0 Å². The van der Waals surface area contributed by atoms with Gasteiger partial charge in [0.05, 0.1) is 0 Å². The molecule has 1 nitrogen and oxygen atoms in total. The van der Waals surface area contributed by atoms with Crippen LogP contribution in [-0.2, 0) is 4.79 Å². The van der Waals surface area contributed by atoms with Crippen molar-refractivity contribution in [1.82, 2.24) is 0 Å². The van der Waals surface area contributed by atoms with Crippen molar-refractivity contribution < 1.29 is 4.79 Å². The molecule has 3 saturated carbocycles. The summed E-state index contributed by atoms with van der Waals surface area (Å²) in [6.07, 6.45) is 12.3. The van der Waals surface area contributed by atoms with Crippen LogP contribution in [0, 0.1) is 34.5 Å². The van der Waals surface area contributed by atoms with E-state index in [-0.39, 0.29) is 0 Å². The molecule has 0 heterocycles. The minimum Gasteiger partial charge on any atom is -0.295 e. The predicted molar refractivity (Wildman–Crippen MR) is 85.9 cm³/mol. The summed E-state index contributed by atoms with van der Waals surface area (Å²) in [7, 11) is 0. The summed E-state index contributed by atoms with van der Waals surface area (Å²) >= 11 is 0. The molecule has 0 radical (unpaired) electrons. The van der Waals surface area contributed by atoms with Crippen LogP contribution in [0.25, 0.3) is 0 Å². The van der Waals surface area contributed by atoms with Crippen LogP contribution >= 0.6 is 0 Å². The second-order valence-corrected chi connectivity index (χ2v) is 9.21. The minimum absolute atomic E-state index is 0.351. The van der Waals surface area contributed by atoms with Gasteiger partial charge in [0.15, 0.2) is 5.78 Å². The second-order valence-electron chi connectivity index (χ2n) is 9.21. The van der Waals surface area contributed by atoms with E-state index in [1.165, 1.54) is 44.1 Å². The molecule has 0 amide bonds. The largest absolute Gasteiger partial charge is 0.295 e. The molecule has 0 spiro atoms. The molecule has 6 atom stereocenters. The van der Waals surface area contributed by atoms with Gasteiger partial charge in [-0.05, 0) is 85.5 Å². The Labute approximate surface area is 129 Å². The number of allylic oxidation sites excluding steroid dienone is 1. The Balaban J connectivity index is 1.68. The third-order valence-electron chi connectivity index (χ3n) is 7.95. The normalized spacial score (nSPS) is 52.7. The Morgan fingerprint density at radius 3 is 2.71 bits per heavy atom. The zero-order valence-corrected chi connectivity index (χ0v) is 14.0. The van der Waals surface area contributed by atoms with Crippen LogP contribution < -0.4 is 0 Å². The van der Waals surface area contributed by atoms with E-state index < -0.39 is 0 Å². The topological polar surface area (TPSA) is 17.1 Å². The van der Waals surface area contributed by atoms with Crippen molar-refractivity contribution in [3.8, 4) is 0 Å². The van der Waals surface area contributed by atoms with E-state index in [2.05, 4.69) is 20.8 Å². The second kappa shape index (κ2) is 4.46. The summed E-state index contributed by atoms with van der Waals surface area (Å²) in [6.45, 7) is 7.53. The Hall–Kier alpha value is -0.590. The third kappa shape index (κ3) is 1.92. The minimum atomic E-state index is 0.351. The molecular formula is C20H30O. The number of fused-ring (bicyclic) bond motifs is 5. The Morgan fingerprint density at radius 2 is 1.90 bits per heavy atom. The number of carbonyl (C=O) groups excluding carboxylic acids is 1. The highest BCUT2D eigenvalue weighted by Crippen LogP contribution is 2.65. The molecule has 1 heteroatoms. The van der Waals surface area contributed by atoms with Gasteiger partial charge in [-0.3, -0.25) is 4.79 Å². The highest BCUT2D eigenvalue weighted by Gasteiger charge is 2.57. The lowest BCUT2D eigenvalue weighted by molar-refractivity contribution is -0.117. The maximum absolute atomic E-state index is 11.8. The van der Waals surface area contributed by atoms with Gasteiger partial charge in [-0.2, -0.15) is 0 Å². The van der Waals surface area contributed by atoms with Gasteiger partial charge in [-0.25, -0.2) is 0 Å². The average molecular weight is 286 g/mol. The number of ketones is 1. The first kappa shape index (κ1) is 14.0. The number of carbonyl (C=O) groups is 1. The first-order chi connectivity index (χ1) is 9.92. The summed E-state index contributed by atoms with van der Waals surface area (Å²) in [5, 5.41) is 0. The molecule has 3 fully saturated rings. The van der Waals surface area contributed by atoms with Crippen molar-refractivity contribution in [3.05, 3.63) is 11.6 Å². The molecule has 4 rings (SSSR count). The van der Waals surface area contributed by atoms with Crippen LogP contribution in [0.1, 0.15) is 72.1 Å². The van der Waals surface area contributed by atoms with Gasteiger partial charge in [0.2, 0.25) is 0 Å². The smallest absolute Gasteiger partial charge is 0.155 e. The molecule has 0 aromatic rings. The standard InChI is InChI=1S/C20H30O/c1-13-10-18-16-5-4-14-11-15(21)6-9-20(14,3)17(16)7-8-19(18,2)12-13/h11,13,16-18H,4-10,12H2,1-3H3/t13?,16-,17-,18+,19-,20+/m1/s1. The van der Waals surface area contributed by atoms with E-state index in [0.717, 1.165) is 36.5 Å². The first-order valence-electron chi connectivity index (χ1n) is 9.16. The fourth-order valence-electron chi connectivity index (χ4n) is 6.98. The van der Waals surface area contributed by atoms with Gasteiger partial charge >= 0.3 is 0 Å². The monoisotopic (exact) mass is 286 g/mol. The van der Waals surface area contributed by atoms with Crippen LogP contribution in [0.4, 0.5) is 0 Å². The van der Waals surface area contributed by atoms with Gasteiger partial charge in [-0.1, -0.05) is 26.3 Å². The lowest BCUT2D eigenvalue weighted by Gasteiger charge is -2.57. The zero-order chi connectivity index (χ0) is 14.8. The Bertz CT molecular complexity index is 504. The Kier molecular flexibility index (Phi) is 2.98. The van der Waals surface area contributed by atoms with E-state index in [4.69, 9.17) is 0 Å². The summed E-state index contributed by atoms with van der Waals surface area (Å²) < 4.78 is 0. The number of hydrogen-bond acceptors (Lipinski definition) is 1. The molecule has 4 aliphatic rings. The van der Waals surface area contributed by atoms with Gasteiger partial charge in [-0.15, -0.1) is 0 Å². The Morgan fingerprint density at radius 1 is 1.10 bits per heavy atom.